The van der Waals surface area contributed by atoms with Crippen molar-refractivity contribution in [3.05, 3.63) is 0 Å². The predicted octanol–water partition coefficient (Wildman–Crippen LogP) is 1.72. The van der Waals surface area contributed by atoms with Gasteiger partial charge in [0.05, 0.1) is 13.2 Å². The maximum Gasteiger partial charge on any atom is 0.319 e. The lowest BCUT2D eigenvalue weighted by atomic mass is 10.00. The van der Waals surface area contributed by atoms with E-state index >= 15 is 0 Å². The molecular weight excluding hydrogens is 178 g/mol. The maximum absolute atomic E-state index is 11.1. The molecule has 0 aromatic heterocycles. The van der Waals surface area contributed by atoms with Gasteiger partial charge in [-0.25, -0.2) is 0 Å². The monoisotopic (exact) mass is 199 g/mol. The molecule has 3 heteroatoms. The van der Waals surface area contributed by atoms with Crippen LogP contribution >= 0.6 is 0 Å². The van der Waals surface area contributed by atoms with Gasteiger partial charge < -0.3 is 10.1 Å². The molecule has 0 spiro atoms. The van der Waals surface area contributed by atoms with Gasteiger partial charge in [0, 0.05) is 6.04 Å². The standard InChI is InChI=1S/C11H21NO2/c1-3-14-11(13)8-12-9(2)10-6-4-5-7-10/h9-10,12H,3-8H2,1-2H3/t9-/m1/s1. The molecule has 1 aliphatic rings. The van der Waals surface area contributed by atoms with Gasteiger partial charge in [-0.15, -0.1) is 0 Å². The second-order valence-corrected chi connectivity index (χ2v) is 4.02. The molecule has 0 amide bonds. The summed E-state index contributed by atoms with van der Waals surface area (Å²) in [5.74, 6) is 0.613. The van der Waals surface area contributed by atoms with Crippen LogP contribution in [0.15, 0.2) is 0 Å². The van der Waals surface area contributed by atoms with Crippen molar-refractivity contribution in [3.8, 4) is 0 Å². The van der Waals surface area contributed by atoms with Crippen LogP contribution in [0.5, 0.6) is 0 Å². The largest absolute Gasteiger partial charge is 0.465 e. The summed E-state index contributed by atoms with van der Waals surface area (Å²) >= 11 is 0. The lowest BCUT2D eigenvalue weighted by molar-refractivity contribution is -0.142. The number of hydrogen-bond donors (Lipinski definition) is 1. The van der Waals surface area contributed by atoms with Gasteiger partial charge in [0.2, 0.25) is 0 Å². The van der Waals surface area contributed by atoms with Crippen LogP contribution in [-0.4, -0.2) is 25.2 Å². The highest BCUT2D eigenvalue weighted by Crippen LogP contribution is 2.27. The Morgan fingerprint density at radius 2 is 2.14 bits per heavy atom. The molecule has 0 aromatic carbocycles. The van der Waals surface area contributed by atoms with Crippen molar-refractivity contribution >= 4 is 5.97 Å². The number of rotatable bonds is 5. The maximum atomic E-state index is 11.1. The highest BCUT2D eigenvalue weighted by atomic mass is 16.5. The lowest BCUT2D eigenvalue weighted by Crippen LogP contribution is -2.36. The topological polar surface area (TPSA) is 38.3 Å². The minimum Gasteiger partial charge on any atom is -0.465 e. The smallest absolute Gasteiger partial charge is 0.319 e. The Kier molecular flexibility index (Phi) is 4.94. The zero-order valence-corrected chi connectivity index (χ0v) is 9.21. The van der Waals surface area contributed by atoms with Crippen LogP contribution in [0.3, 0.4) is 0 Å². The van der Waals surface area contributed by atoms with Crippen LogP contribution in [0, 0.1) is 5.92 Å². The summed E-state index contributed by atoms with van der Waals surface area (Å²) in [6, 6.07) is 0.446. The molecule has 1 fully saturated rings. The van der Waals surface area contributed by atoms with Crippen molar-refractivity contribution in [2.24, 2.45) is 5.92 Å². The Morgan fingerprint density at radius 3 is 2.71 bits per heavy atom. The number of nitrogens with one attached hydrogen (secondary N) is 1. The minimum absolute atomic E-state index is 0.141. The molecule has 0 unspecified atom stereocenters. The van der Waals surface area contributed by atoms with Crippen molar-refractivity contribution in [2.75, 3.05) is 13.2 Å². The van der Waals surface area contributed by atoms with Gasteiger partial charge in [0.25, 0.3) is 0 Å². The van der Waals surface area contributed by atoms with Crippen LogP contribution in [-0.2, 0) is 9.53 Å². The molecule has 82 valence electrons. The molecule has 0 saturated heterocycles. The van der Waals surface area contributed by atoms with E-state index in [0.29, 0.717) is 19.2 Å². The van der Waals surface area contributed by atoms with Gasteiger partial charge in [0.1, 0.15) is 0 Å². The third-order valence-electron chi connectivity index (χ3n) is 2.98. The summed E-state index contributed by atoms with van der Waals surface area (Å²) in [4.78, 5) is 11.1. The van der Waals surface area contributed by atoms with E-state index in [-0.39, 0.29) is 5.97 Å². The zero-order chi connectivity index (χ0) is 10.4. The molecule has 0 heterocycles. The minimum atomic E-state index is -0.141. The number of esters is 1. The predicted molar refractivity (Wildman–Crippen MR) is 56.1 cm³/mol. The van der Waals surface area contributed by atoms with Crippen molar-refractivity contribution in [1.82, 2.24) is 5.32 Å². The molecule has 1 N–H and O–H groups in total. The molecule has 0 aromatic rings. The van der Waals surface area contributed by atoms with Crippen LogP contribution < -0.4 is 5.32 Å². The van der Waals surface area contributed by atoms with E-state index in [4.69, 9.17) is 4.74 Å². The van der Waals surface area contributed by atoms with Crippen LogP contribution in [0.4, 0.5) is 0 Å². The number of hydrogen-bond acceptors (Lipinski definition) is 3. The van der Waals surface area contributed by atoms with Crippen molar-refractivity contribution in [1.29, 1.82) is 0 Å². The fourth-order valence-electron chi connectivity index (χ4n) is 2.08. The van der Waals surface area contributed by atoms with Crippen molar-refractivity contribution in [3.63, 3.8) is 0 Å². The summed E-state index contributed by atoms with van der Waals surface area (Å²) in [5, 5.41) is 3.23. The first kappa shape index (κ1) is 11.5. The third kappa shape index (κ3) is 3.66. The highest BCUT2D eigenvalue weighted by Gasteiger charge is 2.21. The van der Waals surface area contributed by atoms with E-state index in [9.17, 15) is 4.79 Å². The van der Waals surface area contributed by atoms with Gasteiger partial charge in [-0.3, -0.25) is 4.79 Å². The van der Waals surface area contributed by atoms with E-state index in [1.165, 1.54) is 25.7 Å². The Labute approximate surface area is 86.2 Å². The van der Waals surface area contributed by atoms with E-state index in [1.807, 2.05) is 6.92 Å². The molecular formula is C11H21NO2. The molecule has 1 saturated carbocycles. The fraction of sp³-hybridized carbons (Fsp3) is 0.909. The number of ether oxygens (including phenoxy) is 1. The quantitative estimate of drug-likeness (QED) is 0.685. The lowest BCUT2D eigenvalue weighted by Gasteiger charge is -2.19. The third-order valence-corrected chi connectivity index (χ3v) is 2.98. The molecule has 0 bridgehead atoms. The normalized spacial score (nSPS) is 19.6. The Balaban J connectivity index is 2.13. The summed E-state index contributed by atoms with van der Waals surface area (Å²) in [6.45, 7) is 4.82. The SMILES string of the molecule is CCOC(=O)CN[C@H](C)C1CCCC1. The number of carbonyl (C=O) groups excluding carboxylic acids is 1. The average molecular weight is 199 g/mol. The Morgan fingerprint density at radius 1 is 1.50 bits per heavy atom. The van der Waals surface area contributed by atoms with Gasteiger partial charge in [-0.05, 0) is 32.6 Å². The average Bonchev–Trinajstić information content (AvgIpc) is 2.67. The van der Waals surface area contributed by atoms with Crippen LogP contribution in [0.25, 0.3) is 0 Å². The molecule has 1 rings (SSSR count). The van der Waals surface area contributed by atoms with Crippen molar-refractivity contribution in [2.45, 2.75) is 45.6 Å². The summed E-state index contributed by atoms with van der Waals surface area (Å²) < 4.78 is 4.85. The van der Waals surface area contributed by atoms with E-state index in [1.54, 1.807) is 0 Å². The Bertz CT molecular complexity index is 176. The first-order chi connectivity index (χ1) is 6.74. The number of carbonyl (C=O) groups is 1. The fourth-order valence-corrected chi connectivity index (χ4v) is 2.08. The Hall–Kier alpha value is -0.570. The van der Waals surface area contributed by atoms with Gasteiger partial charge in [0.15, 0.2) is 0 Å². The van der Waals surface area contributed by atoms with Gasteiger partial charge >= 0.3 is 5.97 Å². The summed E-state index contributed by atoms with van der Waals surface area (Å²) in [5.41, 5.74) is 0. The van der Waals surface area contributed by atoms with Gasteiger partial charge in [-0.2, -0.15) is 0 Å². The highest BCUT2D eigenvalue weighted by molar-refractivity contribution is 5.71. The summed E-state index contributed by atoms with van der Waals surface area (Å²) in [6.07, 6.45) is 5.29. The molecule has 14 heavy (non-hydrogen) atoms. The zero-order valence-electron chi connectivity index (χ0n) is 9.21. The molecule has 0 aliphatic heterocycles. The van der Waals surface area contributed by atoms with E-state index < -0.39 is 0 Å². The van der Waals surface area contributed by atoms with E-state index in [2.05, 4.69) is 12.2 Å². The molecule has 1 atom stereocenters. The first-order valence-electron chi connectivity index (χ1n) is 5.63. The first-order valence-corrected chi connectivity index (χ1v) is 5.63. The van der Waals surface area contributed by atoms with Crippen molar-refractivity contribution < 1.29 is 9.53 Å². The van der Waals surface area contributed by atoms with Crippen LogP contribution in [0.1, 0.15) is 39.5 Å². The summed E-state index contributed by atoms with van der Waals surface area (Å²) in [7, 11) is 0. The van der Waals surface area contributed by atoms with Gasteiger partial charge in [-0.1, -0.05) is 12.8 Å². The molecule has 0 radical (unpaired) electrons. The van der Waals surface area contributed by atoms with E-state index in [0.717, 1.165) is 5.92 Å². The molecule has 3 nitrogen and oxygen atoms in total. The second-order valence-electron chi connectivity index (χ2n) is 4.02. The second kappa shape index (κ2) is 6.02. The van der Waals surface area contributed by atoms with Crippen LogP contribution in [0.2, 0.25) is 0 Å². The molecule has 1 aliphatic carbocycles.